The van der Waals surface area contributed by atoms with E-state index in [1.807, 2.05) is 55.5 Å². The number of rotatable bonds is 3. The lowest BCUT2D eigenvalue weighted by Crippen LogP contribution is -2.15. The van der Waals surface area contributed by atoms with E-state index in [2.05, 4.69) is 33.2 Å². The van der Waals surface area contributed by atoms with Crippen LogP contribution in [0.5, 0.6) is 0 Å². The minimum atomic E-state index is -0.0990. The standard InChI is InChI=1S/C19H17BrN2O/c1-3-16-12(2)18(15-6-4-5-7-17(15)22-16)19(23)21-14-10-8-13(20)9-11-14/h4-11H,3H2,1-2H3,(H,21,23). The number of aromatic nitrogens is 1. The van der Waals surface area contributed by atoms with Gasteiger partial charge >= 0.3 is 0 Å². The zero-order valence-electron chi connectivity index (χ0n) is 13.1. The van der Waals surface area contributed by atoms with Crippen LogP contribution in [0, 0.1) is 6.92 Å². The highest BCUT2D eigenvalue weighted by Gasteiger charge is 2.17. The lowest BCUT2D eigenvalue weighted by molar-refractivity contribution is 0.102. The van der Waals surface area contributed by atoms with Crippen LogP contribution in [-0.4, -0.2) is 10.9 Å². The quantitative estimate of drug-likeness (QED) is 0.696. The first-order valence-corrected chi connectivity index (χ1v) is 8.34. The summed E-state index contributed by atoms with van der Waals surface area (Å²) in [6.45, 7) is 4.02. The molecule has 23 heavy (non-hydrogen) atoms. The zero-order chi connectivity index (χ0) is 16.4. The molecule has 4 heteroatoms. The van der Waals surface area contributed by atoms with Gasteiger partial charge in [0.05, 0.1) is 11.1 Å². The first-order chi connectivity index (χ1) is 11.1. The Morgan fingerprint density at radius 1 is 1.13 bits per heavy atom. The molecule has 0 aliphatic heterocycles. The van der Waals surface area contributed by atoms with E-state index in [9.17, 15) is 4.79 Å². The van der Waals surface area contributed by atoms with Crippen LogP contribution < -0.4 is 5.32 Å². The molecule has 0 aliphatic rings. The van der Waals surface area contributed by atoms with Crippen LogP contribution in [-0.2, 0) is 6.42 Å². The molecule has 0 saturated carbocycles. The van der Waals surface area contributed by atoms with Crippen LogP contribution in [0.2, 0.25) is 0 Å². The Balaban J connectivity index is 2.08. The van der Waals surface area contributed by atoms with Gasteiger partial charge in [-0.05, 0) is 49.2 Å². The lowest BCUT2D eigenvalue weighted by atomic mass is 9.99. The second-order valence-electron chi connectivity index (χ2n) is 5.39. The number of anilines is 1. The van der Waals surface area contributed by atoms with Crippen LogP contribution in [0.1, 0.15) is 28.5 Å². The average molecular weight is 369 g/mol. The van der Waals surface area contributed by atoms with Crippen LogP contribution in [0.3, 0.4) is 0 Å². The average Bonchev–Trinajstić information content (AvgIpc) is 2.56. The van der Waals surface area contributed by atoms with Crippen molar-refractivity contribution in [1.82, 2.24) is 4.98 Å². The molecule has 0 fully saturated rings. The van der Waals surface area contributed by atoms with Crippen LogP contribution in [0.15, 0.2) is 53.0 Å². The maximum atomic E-state index is 12.9. The Bertz CT molecular complexity index is 872. The molecule has 3 nitrogen and oxygen atoms in total. The number of fused-ring (bicyclic) bond motifs is 1. The molecule has 1 aromatic heterocycles. The molecule has 1 heterocycles. The molecule has 0 aliphatic carbocycles. The molecular formula is C19H17BrN2O. The molecule has 1 amide bonds. The van der Waals surface area contributed by atoms with E-state index in [0.29, 0.717) is 5.56 Å². The highest BCUT2D eigenvalue weighted by molar-refractivity contribution is 9.10. The lowest BCUT2D eigenvalue weighted by Gasteiger charge is -2.14. The van der Waals surface area contributed by atoms with Crippen molar-refractivity contribution in [3.63, 3.8) is 0 Å². The van der Waals surface area contributed by atoms with Gasteiger partial charge in [0.1, 0.15) is 0 Å². The predicted molar refractivity (Wildman–Crippen MR) is 98.0 cm³/mol. The summed E-state index contributed by atoms with van der Waals surface area (Å²) in [6, 6.07) is 15.3. The maximum absolute atomic E-state index is 12.9. The number of hydrogen-bond donors (Lipinski definition) is 1. The normalized spacial score (nSPS) is 10.7. The van der Waals surface area contributed by atoms with Crippen molar-refractivity contribution in [1.29, 1.82) is 0 Å². The molecule has 0 spiro atoms. The Morgan fingerprint density at radius 3 is 2.52 bits per heavy atom. The van der Waals surface area contributed by atoms with Gasteiger partial charge in [-0.2, -0.15) is 0 Å². The molecule has 2 aromatic carbocycles. The zero-order valence-corrected chi connectivity index (χ0v) is 14.6. The minimum Gasteiger partial charge on any atom is -0.322 e. The minimum absolute atomic E-state index is 0.0990. The number of carbonyl (C=O) groups excluding carboxylic acids is 1. The molecule has 0 radical (unpaired) electrons. The largest absolute Gasteiger partial charge is 0.322 e. The highest BCUT2D eigenvalue weighted by Crippen LogP contribution is 2.25. The van der Waals surface area contributed by atoms with Crippen molar-refractivity contribution in [2.45, 2.75) is 20.3 Å². The summed E-state index contributed by atoms with van der Waals surface area (Å²) in [4.78, 5) is 17.5. The van der Waals surface area contributed by atoms with Crippen LogP contribution >= 0.6 is 15.9 Å². The van der Waals surface area contributed by atoms with Gasteiger partial charge in [0.25, 0.3) is 5.91 Å². The summed E-state index contributed by atoms with van der Waals surface area (Å²) >= 11 is 3.40. The molecule has 116 valence electrons. The number of carbonyl (C=O) groups is 1. The SMILES string of the molecule is CCc1nc2ccccc2c(C(=O)Nc2ccc(Br)cc2)c1C. The molecule has 1 N–H and O–H groups in total. The van der Waals surface area contributed by atoms with Gasteiger partial charge in [-0.3, -0.25) is 9.78 Å². The summed E-state index contributed by atoms with van der Waals surface area (Å²) in [5, 5.41) is 3.87. The molecular weight excluding hydrogens is 352 g/mol. The number of amides is 1. The molecule has 0 saturated heterocycles. The van der Waals surface area contributed by atoms with Gasteiger partial charge in [-0.15, -0.1) is 0 Å². The Morgan fingerprint density at radius 2 is 1.83 bits per heavy atom. The predicted octanol–water partition coefficient (Wildman–Crippen LogP) is 5.12. The van der Waals surface area contributed by atoms with E-state index in [1.165, 1.54) is 0 Å². The fraction of sp³-hybridized carbons (Fsp3) is 0.158. The fourth-order valence-electron chi connectivity index (χ4n) is 2.72. The van der Waals surface area contributed by atoms with Gasteiger partial charge in [0.2, 0.25) is 0 Å². The first kappa shape index (κ1) is 15.7. The van der Waals surface area contributed by atoms with E-state index >= 15 is 0 Å². The number of nitrogens with one attached hydrogen (secondary N) is 1. The Labute approximate surface area is 143 Å². The number of hydrogen-bond acceptors (Lipinski definition) is 2. The third-order valence-corrected chi connectivity index (χ3v) is 4.43. The second-order valence-corrected chi connectivity index (χ2v) is 6.31. The summed E-state index contributed by atoms with van der Waals surface area (Å²) in [5.41, 5.74) is 4.24. The van der Waals surface area contributed by atoms with Crippen LogP contribution in [0.4, 0.5) is 5.69 Å². The van der Waals surface area contributed by atoms with Crippen molar-refractivity contribution in [3.8, 4) is 0 Å². The number of benzene rings is 2. The van der Waals surface area contributed by atoms with Gasteiger partial charge in [0.15, 0.2) is 0 Å². The number of para-hydroxylation sites is 1. The molecule has 3 aromatic rings. The Hall–Kier alpha value is -2.20. The van der Waals surface area contributed by atoms with E-state index < -0.39 is 0 Å². The molecule has 0 unspecified atom stereocenters. The van der Waals surface area contributed by atoms with Crippen molar-refractivity contribution in [2.75, 3.05) is 5.32 Å². The monoisotopic (exact) mass is 368 g/mol. The second kappa shape index (κ2) is 6.50. The third kappa shape index (κ3) is 3.13. The fourth-order valence-corrected chi connectivity index (χ4v) is 2.99. The van der Waals surface area contributed by atoms with Gasteiger partial charge in [0, 0.05) is 21.2 Å². The van der Waals surface area contributed by atoms with E-state index in [4.69, 9.17) is 0 Å². The number of halogens is 1. The molecule has 0 bridgehead atoms. The summed E-state index contributed by atoms with van der Waals surface area (Å²) in [5.74, 6) is -0.0990. The van der Waals surface area contributed by atoms with Crippen molar-refractivity contribution < 1.29 is 4.79 Å². The number of pyridine rings is 1. The van der Waals surface area contributed by atoms with Gasteiger partial charge < -0.3 is 5.32 Å². The van der Waals surface area contributed by atoms with Crippen molar-refractivity contribution in [2.24, 2.45) is 0 Å². The number of aryl methyl sites for hydroxylation is 1. The molecule has 3 rings (SSSR count). The van der Waals surface area contributed by atoms with E-state index in [-0.39, 0.29) is 5.91 Å². The summed E-state index contributed by atoms with van der Waals surface area (Å²) in [7, 11) is 0. The highest BCUT2D eigenvalue weighted by atomic mass is 79.9. The molecule has 0 atom stereocenters. The van der Waals surface area contributed by atoms with Gasteiger partial charge in [-0.1, -0.05) is 41.1 Å². The van der Waals surface area contributed by atoms with Crippen molar-refractivity contribution in [3.05, 3.63) is 69.8 Å². The number of nitrogens with zero attached hydrogens (tertiary/aromatic N) is 1. The maximum Gasteiger partial charge on any atom is 0.256 e. The summed E-state index contributed by atoms with van der Waals surface area (Å²) in [6.07, 6.45) is 0.801. The first-order valence-electron chi connectivity index (χ1n) is 7.55. The third-order valence-electron chi connectivity index (χ3n) is 3.90. The van der Waals surface area contributed by atoms with Crippen molar-refractivity contribution >= 4 is 38.4 Å². The Kier molecular flexibility index (Phi) is 4.44. The van der Waals surface area contributed by atoms with Crippen LogP contribution in [0.25, 0.3) is 10.9 Å². The van der Waals surface area contributed by atoms with Gasteiger partial charge in [-0.25, -0.2) is 0 Å². The van der Waals surface area contributed by atoms with E-state index in [1.54, 1.807) is 0 Å². The topological polar surface area (TPSA) is 42.0 Å². The summed E-state index contributed by atoms with van der Waals surface area (Å²) < 4.78 is 0.981. The van der Waals surface area contributed by atoms with E-state index in [0.717, 1.165) is 38.7 Å². The smallest absolute Gasteiger partial charge is 0.256 e.